The standard InChI is InChI=1S/C29H33NO5S/c1-5-36-15-14-35-29(32)26-18(2)30-24-16-21(19-6-10-22(33-3)11-7-19)17-25(31)28(24)27(26)20-8-12-23(34-4)13-9-20/h6-13,21,27,30H,5,14-17H2,1-4H3. The third-order valence-corrected chi connectivity index (χ3v) is 7.61. The molecule has 2 atom stereocenters. The maximum atomic E-state index is 13.7. The number of ether oxygens (including phenoxy) is 3. The van der Waals surface area contributed by atoms with Gasteiger partial charge in [0.25, 0.3) is 0 Å². The van der Waals surface area contributed by atoms with Crippen LogP contribution in [0.1, 0.15) is 49.7 Å². The number of carbonyl (C=O) groups excluding carboxylic acids is 2. The Labute approximate surface area is 217 Å². The summed E-state index contributed by atoms with van der Waals surface area (Å²) in [5.41, 5.74) is 4.73. The van der Waals surface area contributed by atoms with E-state index in [9.17, 15) is 9.59 Å². The Morgan fingerprint density at radius 2 is 1.58 bits per heavy atom. The number of methoxy groups -OCH3 is 2. The van der Waals surface area contributed by atoms with Crippen molar-refractivity contribution < 1.29 is 23.8 Å². The second kappa shape index (κ2) is 11.7. The molecule has 0 spiro atoms. The molecule has 2 unspecified atom stereocenters. The molecule has 1 aliphatic heterocycles. The van der Waals surface area contributed by atoms with Crippen molar-refractivity contribution in [3.63, 3.8) is 0 Å². The summed E-state index contributed by atoms with van der Waals surface area (Å²) in [6, 6.07) is 15.5. The van der Waals surface area contributed by atoms with E-state index in [0.29, 0.717) is 30.6 Å². The fraction of sp³-hybridized carbons (Fsp3) is 0.379. The molecular weight excluding hydrogens is 474 g/mol. The summed E-state index contributed by atoms with van der Waals surface area (Å²) in [6.07, 6.45) is 1.07. The van der Waals surface area contributed by atoms with Gasteiger partial charge in [0.1, 0.15) is 18.1 Å². The third kappa shape index (κ3) is 5.46. The molecule has 2 aliphatic rings. The molecule has 1 N–H and O–H groups in total. The van der Waals surface area contributed by atoms with Crippen molar-refractivity contribution in [1.82, 2.24) is 5.32 Å². The normalized spacial score (nSPS) is 19.5. The molecular formula is C29H33NO5S. The highest BCUT2D eigenvalue weighted by Crippen LogP contribution is 2.46. The van der Waals surface area contributed by atoms with Gasteiger partial charge in [0.15, 0.2) is 5.78 Å². The van der Waals surface area contributed by atoms with Crippen molar-refractivity contribution in [3.8, 4) is 11.5 Å². The molecule has 1 heterocycles. The van der Waals surface area contributed by atoms with E-state index in [2.05, 4.69) is 12.2 Å². The van der Waals surface area contributed by atoms with Crippen LogP contribution < -0.4 is 14.8 Å². The number of thioether (sulfide) groups is 1. The predicted molar refractivity (Wildman–Crippen MR) is 143 cm³/mol. The molecule has 36 heavy (non-hydrogen) atoms. The predicted octanol–water partition coefficient (Wildman–Crippen LogP) is 5.36. The number of Topliss-reactive ketones (excluding diaryl/α,β-unsaturated/α-hetero) is 1. The van der Waals surface area contributed by atoms with Crippen LogP contribution in [0.2, 0.25) is 0 Å². The van der Waals surface area contributed by atoms with Crippen LogP contribution in [-0.2, 0) is 14.3 Å². The fourth-order valence-electron chi connectivity index (χ4n) is 4.97. The topological polar surface area (TPSA) is 73.9 Å². The highest BCUT2D eigenvalue weighted by Gasteiger charge is 2.41. The lowest BCUT2D eigenvalue weighted by Gasteiger charge is -2.36. The molecule has 0 bridgehead atoms. The van der Waals surface area contributed by atoms with E-state index in [-0.39, 0.29) is 17.7 Å². The smallest absolute Gasteiger partial charge is 0.336 e. The summed E-state index contributed by atoms with van der Waals surface area (Å²) >= 11 is 1.72. The summed E-state index contributed by atoms with van der Waals surface area (Å²) in [4.78, 5) is 27.0. The van der Waals surface area contributed by atoms with Crippen LogP contribution >= 0.6 is 11.8 Å². The quantitative estimate of drug-likeness (QED) is 0.362. The zero-order valence-corrected chi connectivity index (χ0v) is 22.1. The first-order chi connectivity index (χ1) is 17.5. The summed E-state index contributed by atoms with van der Waals surface area (Å²) < 4.78 is 16.3. The molecule has 190 valence electrons. The van der Waals surface area contributed by atoms with Crippen molar-refractivity contribution in [2.24, 2.45) is 0 Å². The monoisotopic (exact) mass is 507 g/mol. The number of hydrogen-bond donors (Lipinski definition) is 1. The molecule has 0 aromatic heterocycles. The molecule has 0 radical (unpaired) electrons. The molecule has 6 nitrogen and oxygen atoms in total. The number of benzene rings is 2. The van der Waals surface area contributed by atoms with Gasteiger partial charge in [-0.1, -0.05) is 31.2 Å². The van der Waals surface area contributed by atoms with Gasteiger partial charge in [-0.05, 0) is 60.4 Å². The molecule has 2 aromatic rings. The van der Waals surface area contributed by atoms with Crippen LogP contribution in [-0.4, -0.2) is 44.1 Å². The van der Waals surface area contributed by atoms with E-state index in [0.717, 1.165) is 45.5 Å². The number of carbonyl (C=O) groups is 2. The van der Waals surface area contributed by atoms with Crippen molar-refractivity contribution >= 4 is 23.5 Å². The maximum Gasteiger partial charge on any atom is 0.336 e. The SMILES string of the molecule is CCSCCOC(=O)C1=C(C)NC2=C(C(=O)CC(c3ccc(OC)cc3)C2)C1c1ccc(OC)cc1. The van der Waals surface area contributed by atoms with Crippen molar-refractivity contribution in [3.05, 3.63) is 82.2 Å². The maximum absolute atomic E-state index is 13.7. The van der Waals surface area contributed by atoms with Crippen LogP contribution in [0.15, 0.2) is 71.1 Å². The number of nitrogens with one attached hydrogen (secondary N) is 1. The van der Waals surface area contributed by atoms with E-state index in [4.69, 9.17) is 14.2 Å². The minimum atomic E-state index is -0.484. The first-order valence-electron chi connectivity index (χ1n) is 12.2. The van der Waals surface area contributed by atoms with Gasteiger partial charge < -0.3 is 19.5 Å². The lowest BCUT2D eigenvalue weighted by atomic mass is 9.71. The first-order valence-corrected chi connectivity index (χ1v) is 13.4. The Hall–Kier alpha value is -3.19. The summed E-state index contributed by atoms with van der Waals surface area (Å²) in [5, 5.41) is 3.41. The molecule has 4 rings (SSSR count). The van der Waals surface area contributed by atoms with Gasteiger partial charge in [-0.15, -0.1) is 0 Å². The highest BCUT2D eigenvalue weighted by atomic mass is 32.2. The Morgan fingerprint density at radius 3 is 2.17 bits per heavy atom. The lowest BCUT2D eigenvalue weighted by Crippen LogP contribution is -2.36. The molecule has 2 aromatic carbocycles. The van der Waals surface area contributed by atoms with Crippen LogP contribution in [0.4, 0.5) is 0 Å². The Bertz CT molecular complexity index is 1170. The average Bonchev–Trinajstić information content (AvgIpc) is 2.90. The van der Waals surface area contributed by atoms with Gasteiger partial charge in [-0.3, -0.25) is 4.79 Å². The second-order valence-corrected chi connectivity index (χ2v) is 10.3. The van der Waals surface area contributed by atoms with E-state index >= 15 is 0 Å². The van der Waals surface area contributed by atoms with Crippen molar-refractivity contribution in [2.45, 2.75) is 38.5 Å². The van der Waals surface area contributed by atoms with Crippen LogP contribution in [0, 0.1) is 0 Å². The van der Waals surface area contributed by atoms with Crippen LogP contribution in [0.25, 0.3) is 0 Å². The van der Waals surface area contributed by atoms with Gasteiger partial charge in [-0.25, -0.2) is 4.79 Å². The molecule has 0 saturated heterocycles. The van der Waals surface area contributed by atoms with E-state index < -0.39 is 5.92 Å². The molecule has 1 aliphatic carbocycles. The van der Waals surface area contributed by atoms with E-state index in [1.165, 1.54) is 0 Å². The zero-order valence-electron chi connectivity index (χ0n) is 21.3. The minimum Gasteiger partial charge on any atom is -0.497 e. The second-order valence-electron chi connectivity index (χ2n) is 8.90. The summed E-state index contributed by atoms with van der Waals surface area (Å²) in [6.45, 7) is 4.30. The number of ketones is 1. The number of rotatable bonds is 9. The fourth-order valence-corrected chi connectivity index (χ4v) is 5.46. The van der Waals surface area contributed by atoms with Gasteiger partial charge in [-0.2, -0.15) is 11.8 Å². The summed E-state index contributed by atoms with van der Waals surface area (Å²) in [7, 11) is 3.26. The largest absolute Gasteiger partial charge is 0.497 e. The highest BCUT2D eigenvalue weighted by molar-refractivity contribution is 7.99. The van der Waals surface area contributed by atoms with Crippen LogP contribution in [0.3, 0.4) is 0 Å². The Balaban J connectivity index is 1.69. The minimum absolute atomic E-state index is 0.0460. The van der Waals surface area contributed by atoms with Gasteiger partial charge >= 0.3 is 5.97 Å². The molecule has 0 fully saturated rings. The lowest BCUT2D eigenvalue weighted by molar-refractivity contribution is -0.138. The van der Waals surface area contributed by atoms with Gasteiger partial charge in [0.05, 0.1) is 19.8 Å². The van der Waals surface area contributed by atoms with E-state index in [1.54, 1.807) is 26.0 Å². The average molecular weight is 508 g/mol. The van der Waals surface area contributed by atoms with Crippen molar-refractivity contribution in [1.29, 1.82) is 0 Å². The Kier molecular flexibility index (Phi) is 8.41. The number of dihydropyridines is 1. The molecule has 0 amide bonds. The van der Waals surface area contributed by atoms with Crippen molar-refractivity contribution in [2.75, 3.05) is 32.3 Å². The Morgan fingerprint density at radius 1 is 0.972 bits per heavy atom. The molecule has 7 heteroatoms. The number of esters is 1. The zero-order chi connectivity index (χ0) is 25.7. The number of allylic oxidation sites excluding steroid dienone is 3. The molecule has 0 saturated carbocycles. The third-order valence-electron chi connectivity index (χ3n) is 6.75. The van der Waals surface area contributed by atoms with Gasteiger partial charge in [0.2, 0.25) is 0 Å². The van der Waals surface area contributed by atoms with E-state index in [1.807, 2.05) is 55.5 Å². The number of hydrogen-bond acceptors (Lipinski definition) is 7. The first kappa shape index (κ1) is 25.9. The van der Waals surface area contributed by atoms with Crippen LogP contribution in [0.5, 0.6) is 11.5 Å². The summed E-state index contributed by atoms with van der Waals surface area (Å²) in [5.74, 6) is 2.45. The van der Waals surface area contributed by atoms with Gasteiger partial charge in [0, 0.05) is 35.1 Å².